The summed E-state index contributed by atoms with van der Waals surface area (Å²) >= 11 is 2.79. The number of carbonyl (C=O) groups is 3. The Morgan fingerprint density at radius 2 is 2.04 bits per heavy atom. The molecule has 0 unspecified atom stereocenters. The van der Waals surface area contributed by atoms with Crippen molar-refractivity contribution in [3.8, 4) is 0 Å². The van der Waals surface area contributed by atoms with Crippen molar-refractivity contribution >= 4 is 51.6 Å². The van der Waals surface area contributed by atoms with Crippen molar-refractivity contribution in [3.63, 3.8) is 0 Å². The van der Waals surface area contributed by atoms with Gasteiger partial charge in [-0.2, -0.15) is 0 Å². The molecule has 8 heteroatoms. The summed E-state index contributed by atoms with van der Waals surface area (Å²) in [5.74, 6) is -1.62. The second-order valence-electron chi connectivity index (χ2n) is 5.03. The molecule has 0 fully saturated rings. The van der Waals surface area contributed by atoms with Gasteiger partial charge in [-0.1, -0.05) is 13.0 Å². The second-order valence-corrected chi connectivity index (χ2v) is 7.15. The van der Waals surface area contributed by atoms with E-state index in [4.69, 9.17) is 9.47 Å². The maximum atomic E-state index is 12.0. The SMILES string of the molecule is CCOC(=O)c1cc(CC)sc1NC(=O)COC(=O)/C=C/c1cccs1. The summed E-state index contributed by atoms with van der Waals surface area (Å²) in [6.45, 7) is 3.48. The standard InChI is InChI=1S/C18H19NO5S2/c1-3-12-10-14(18(22)23-4-2)17(26-12)19-15(20)11-24-16(21)8-7-13-6-5-9-25-13/h5-10H,3-4,11H2,1-2H3,(H,19,20)/b8-7+. The Hall–Kier alpha value is -2.45. The first-order valence-corrected chi connectivity index (χ1v) is 9.71. The molecule has 6 nitrogen and oxygen atoms in total. The fourth-order valence-electron chi connectivity index (χ4n) is 1.95. The summed E-state index contributed by atoms with van der Waals surface area (Å²) in [5, 5.41) is 4.90. The van der Waals surface area contributed by atoms with Gasteiger partial charge in [0.2, 0.25) is 0 Å². The smallest absolute Gasteiger partial charge is 0.341 e. The first-order valence-electron chi connectivity index (χ1n) is 8.01. The number of thiophene rings is 2. The van der Waals surface area contributed by atoms with Gasteiger partial charge < -0.3 is 14.8 Å². The molecular weight excluding hydrogens is 374 g/mol. The van der Waals surface area contributed by atoms with Crippen molar-refractivity contribution < 1.29 is 23.9 Å². The Bertz CT molecular complexity index is 793. The minimum Gasteiger partial charge on any atom is -0.462 e. The Kier molecular flexibility index (Phi) is 7.55. The molecule has 0 saturated carbocycles. The van der Waals surface area contributed by atoms with Crippen LogP contribution in [0.4, 0.5) is 5.00 Å². The first kappa shape index (κ1) is 19.9. The molecule has 0 radical (unpaired) electrons. The molecule has 2 heterocycles. The van der Waals surface area contributed by atoms with E-state index < -0.39 is 24.5 Å². The maximum absolute atomic E-state index is 12.0. The third kappa shape index (κ3) is 5.82. The Morgan fingerprint density at radius 3 is 2.69 bits per heavy atom. The number of rotatable bonds is 8. The van der Waals surface area contributed by atoms with E-state index in [9.17, 15) is 14.4 Å². The van der Waals surface area contributed by atoms with Gasteiger partial charge in [-0.25, -0.2) is 9.59 Å². The first-order chi connectivity index (χ1) is 12.5. The number of amides is 1. The lowest BCUT2D eigenvalue weighted by molar-refractivity contribution is -0.142. The topological polar surface area (TPSA) is 81.7 Å². The molecule has 0 saturated heterocycles. The van der Waals surface area contributed by atoms with Crippen molar-refractivity contribution in [1.82, 2.24) is 0 Å². The quantitative estimate of drug-likeness (QED) is 0.546. The Morgan fingerprint density at radius 1 is 1.23 bits per heavy atom. The predicted molar refractivity (Wildman–Crippen MR) is 103 cm³/mol. The number of carbonyl (C=O) groups excluding carboxylic acids is 3. The van der Waals surface area contributed by atoms with Crippen molar-refractivity contribution in [2.24, 2.45) is 0 Å². The van der Waals surface area contributed by atoms with Crippen molar-refractivity contribution in [2.45, 2.75) is 20.3 Å². The normalized spacial score (nSPS) is 10.7. The molecule has 0 aliphatic rings. The third-order valence-corrected chi connectivity index (χ3v) is 5.18. The van der Waals surface area contributed by atoms with Gasteiger partial charge in [-0.3, -0.25) is 4.79 Å². The van der Waals surface area contributed by atoms with Crippen LogP contribution in [0.25, 0.3) is 6.08 Å². The summed E-state index contributed by atoms with van der Waals surface area (Å²) in [6.07, 6.45) is 3.62. The zero-order chi connectivity index (χ0) is 18.9. The van der Waals surface area contributed by atoms with Gasteiger partial charge in [0.1, 0.15) is 5.00 Å². The highest BCUT2D eigenvalue weighted by Gasteiger charge is 2.19. The lowest BCUT2D eigenvalue weighted by Gasteiger charge is -2.06. The Balaban J connectivity index is 1.91. The zero-order valence-electron chi connectivity index (χ0n) is 14.4. The van der Waals surface area contributed by atoms with E-state index in [0.29, 0.717) is 10.6 Å². The summed E-state index contributed by atoms with van der Waals surface area (Å²) in [7, 11) is 0. The average Bonchev–Trinajstić information content (AvgIpc) is 3.28. The summed E-state index contributed by atoms with van der Waals surface area (Å²) in [5.41, 5.74) is 0.311. The number of aryl methyl sites for hydroxylation is 1. The molecule has 0 aliphatic heterocycles. The fourth-order valence-corrected chi connectivity index (χ4v) is 3.57. The van der Waals surface area contributed by atoms with Crippen LogP contribution in [-0.2, 0) is 25.5 Å². The highest BCUT2D eigenvalue weighted by Crippen LogP contribution is 2.29. The lowest BCUT2D eigenvalue weighted by Crippen LogP contribution is -2.20. The molecule has 1 N–H and O–H groups in total. The van der Waals surface area contributed by atoms with Gasteiger partial charge in [0, 0.05) is 15.8 Å². The molecule has 2 rings (SSSR count). The summed E-state index contributed by atoms with van der Waals surface area (Å²) < 4.78 is 9.91. The van der Waals surface area contributed by atoms with Crippen LogP contribution in [0, 0.1) is 0 Å². The van der Waals surface area contributed by atoms with Crippen LogP contribution in [0.1, 0.15) is 34.0 Å². The predicted octanol–water partition coefficient (Wildman–Crippen LogP) is 3.74. The van der Waals surface area contributed by atoms with Crippen molar-refractivity contribution in [3.05, 3.63) is 45.0 Å². The summed E-state index contributed by atoms with van der Waals surface area (Å²) in [4.78, 5) is 37.5. The molecule has 138 valence electrons. The molecule has 0 spiro atoms. The van der Waals surface area contributed by atoms with E-state index in [1.807, 2.05) is 24.4 Å². The number of nitrogens with one attached hydrogen (secondary N) is 1. The number of hydrogen-bond acceptors (Lipinski definition) is 7. The van der Waals surface area contributed by atoms with E-state index in [1.54, 1.807) is 19.1 Å². The van der Waals surface area contributed by atoms with Gasteiger partial charge in [0.15, 0.2) is 6.61 Å². The van der Waals surface area contributed by atoms with Crippen LogP contribution in [0.15, 0.2) is 29.7 Å². The van der Waals surface area contributed by atoms with E-state index in [2.05, 4.69) is 5.32 Å². The number of hydrogen-bond donors (Lipinski definition) is 1. The molecule has 1 amide bonds. The van der Waals surface area contributed by atoms with Crippen LogP contribution in [-0.4, -0.2) is 31.1 Å². The average molecular weight is 393 g/mol. The van der Waals surface area contributed by atoms with Crippen molar-refractivity contribution in [1.29, 1.82) is 0 Å². The van der Waals surface area contributed by atoms with Gasteiger partial charge in [-0.05, 0) is 36.9 Å². The molecule has 2 aromatic rings. The van der Waals surface area contributed by atoms with Crippen LogP contribution in [0.3, 0.4) is 0 Å². The van der Waals surface area contributed by atoms with Crippen LogP contribution >= 0.6 is 22.7 Å². The maximum Gasteiger partial charge on any atom is 0.341 e. The zero-order valence-corrected chi connectivity index (χ0v) is 16.1. The highest BCUT2D eigenvalue weighted by atomic mass is 32.1. The van der Waals surface area contributed by atoms with Gasteiger partial charge in [0.05, 0.1) is 12.2 Å². The second kappa shape index (κ2) is 9.88. The van der Waals surface area contributed by atoms with Crippen LogP contribution < -0.4 is 5.32 Å². The number of esters is 2. The Labute approximate surface area is 159 Å². The van der Waals surface area contributed by atoms with E-state index >= 15 is 0 Å². The molecular formula is C18H19NO5S2. The molecule has 2 aromatic heterocycles. The van der Waals surface area contributed by atoms with Gasteiger partial charge >= 0.3 is 11.9 Å². The third-order valence-electron chi connectivity index (χ3n) is 3.15. The molecule has 0 atom stereocenters. The number of anilines is 1. The van der Waals surface area contributed by atoms with Gasteiger partial charge in [-0.15, -0.1) is 22.7 Å². The van der Waals surface area contributed by atoms with Gasteiger partial charge in [0.25, 0.3) is 5.91 Å². The minimum absolute atomic E-state index is 0.248. The highest BCUT2D eigenvalue weighted by molar-refractivity contribution is 7.16. The minimum atomic E-state index is -0.611. The molecule has 0 bridgehead atoms. The van der Waals surface area contributed by atoms with Crippen LogP contribution in [0.2, 0.25) is 0 Å². The molecule has 26 heavy (non-hydrogen) atoms. The molecule has 0 aliphatic carbocycles. The molecule has 0 aromatic carbocycles. The van der Waals surface area contributed by atoms with Crippen LogP contribution in [0.5, 0.6) is 0 Å². The van der Waals surface area contributed by atoms with E-state index in [1.165, 1.54) is 28.7 Å². The largest absolute Gasteiger partial charge is 0.462 e. The fraction of sp³-hybridized carbons (Fsp3) is 0.278. The van der Waals surface area contributed by atoms with Crippen molar-refractivity contribution in [2.75, 3.05) is 18.5 Å². The monoisotopic (exact) mass is 393 g/mol. The summed E-state index contributed by atoms with van der Waals surface area (Å²) in [6, 6.07) is 5.43. The van der Waals surface area contributed by atoms with E-state index in [-0.39, 0.29) is 6.61 Å². The lowest BCUT2D eigenvalue weighted by atomic mass is 10.2. The van der Waals surface area contributed by atoms with E-state index in [0.717, 1.165) is 16.2 Å². The number of ether oxygens (including phenoxy) is 2.